The van der Waals surface area contributed by atoms with Crippen molar-refractivity contribution >= 4 is 22.7 Å². The topological polar surface area (TPSA) is 113 Å². The molecule has 1 unspecified atom stereocenters. The van der Waals surface area contributed by atoms with Crippen LogP contribution in [0.3, 0.4) is 0 Å². The summed E-state index contributed by atoms with van der Waals surface area (Å²) in [6.07, 6.45) is 0.753. The highest BCUT2D eigenvalue weighted by atomic mass is 16.5. The van der Waals surface area contributed by atoms with Crippen LogP contribution >= 0.6 is 0 Å². The van der Waals surface area contributed by atoms with Gasteiger partial charge in [-0.2, -0.15) is 0 Å². The van der Waals surface area contributed by atoms with Crippen molar-refractivity contribution in [3.63, 3.8) is 0 Å². The molecular formula is C22H22N4O4. The van der Waals surface area contributed by atoms with Crippen LogP contribution in [-0.2, 0) is 22.6 Å². The monoisotopic (exact) mass is 406 g/mol. The van der Waals surface area contributed by atoms with Gasteiger partial charge in [-0.15, -0.1) is 0 Å². The molecule has 30 heavy (non-hydrogen) atoms. The zero-order valence-electron chi connectivity index (χ0n) is 16.3. The number of fused-ring (bicyclic) bond motifs is 1. The Morgan fingerprint density at radius 3 is 2.60 bits per heavy atom. The third kappa shape index (κ3) is 4.55. The predicted molar refractivity (Wildman–Crippen MR) is 111 cm³/mol. The largest absolute Gasteiger partial charge is 0.381 e. The van der Waals surface area contributed by atoms with E-state index in [2.05, 4.69) is 20.6 Å². The lowest BCUT2D eigenvalue weighted by Gasteiger charge is -2.11. The Hall–Kier alpha value is -3.52. The van der Waals surface area contributed by atoms with Gasteiger partial charge < -0.3 is 20.4 Å². The van der Waals surface area contributed by atoms with E-state index >= 15 is 0 Å². The standard InChI is InChI=1S/C22H22N4O4/c27-20(16-8-9-30-13-16)23-11-14-4-3-5-15(10-14)12-24-22(29)19-25-18-7-2-1-6-17(18)21(28)26-19/h1-7,10,16H,8-9,11-13H2,(H,23,27)(H,24,29)(H,25,26,28). The highest BCUT2D eigenvalue weighted by Gasteiger charge is 2.23. The summed E-state index contributed by atoms with van der Waals surface area (Å²) in [5.74, 6) is -0.569. The Balaban J connectivity index is 1.36. The van der Waals surface area contributed by atoms with Gasteiger partial charge in [-0.1, -0.05) is 36.4 Å². The smallest absolute Gasteiger partial charge is 0.287 e. The number of para-hydroxylation sites is 1. The summed E-state index contributed by atoms with van der Waals surface area (Å²) in [6, 6.07) is 14.5. The average Bonchev–Trinajstić information content (AvgIpc) is 3.31. The number of benzene rings is 2. The Bertz CT molecular complexity index is 1140. The minimum absolute atomic E-state index is 0.00228. The van der Waals surface area contributed by atoms with Crippen LogP contribution in [0.5, 0.6) is 0 Å². The molecule has 2 heterocycles. The highest BCUT2D eigenvalue weighted by molar-refractivity contribution is 5.92. The molecule has 0 saturated carbocycles. The first-order chi connectivity index (χ1) is 14.6. The molecular weight excluding hydrogens is 384 g/mol. The van der Waals surface area contributed by atoms with Gasteiger partial charge in [0.1, 0.15) is 0 Å². The van der Waals surface area contributed by atoms with Crippen LogP contribution in [0.2, 0.25) is 0 Å². The van der Waals surface area contributed by atoms with Gasteiger partial charge in [0.2, 0.25) is 5.91 Å². The fourth-order valence-electron chi connectivity index (χ4n) is 3.38. The van der Waals surface area contributed by atoms with Crippen molar-refractivity contribution in [2.45, 2.75) is 19.5 Å². The highest BCUT2D eigenvalue weighted by Crippen LogP contribution is 2.13. The van der Waals surface area contributed by atoms with Crippen molar-refractivity contribution in [2.24, 2.45) is 5.92 Å². The molecule has 1 aromatic heterocycles. The van der Waals surface area contributed by atoms with Crippen molar-refractivity contribution < 1.29 is 14.3 Å². The minimum atomic E-state index is -0.460. The first-order valence-electron chi connectivity index (χ1n) is 9.81. The second-order valence-electron chi connectivity index (χ2n) is 7.21. The molecule has 0 spiro atoms. The average molecular weight is 406 g/mol. The van der Waals surface area contributed by atoms with Crippen LogP contribution < -0.4 is 16.2 Å². The van der Waals surface area contributed by atoms with E-state index in [4.69, 9.17) is 4.74 Å². The van der Waals surface area contributed by atoms with Crippen molar-refractivity contribution in [3.8, 4) is 0 Å². The number of aromatic amines is 1. The molecule has 0 aliphatic carbocycles. The Morgan fingerprint density at radius 1 is 1.07 bits per heavy atom. The minimum Gasteiger partial charge on any atom is -0.381 e. The first kappa shape index (κ1) is 19.8. The molecule has 2 amide bonds. The number of hydrogen-bond acceptors (Lipinski definition) is 5. The van der Waals surface area contributed by atoms with Gasteiger partial charge in [0, 0.05) is 19.7 Å². The molecule has 1 atom stereocenters. The summed E-state index contributed by atoms with van der Waals surface area (Å²) in [6.45, 7) is 1.79. The van der Waals surface area contributed by atoms with E-state index in [-0.39, 0.29) is 29.8 Å². The van der Waals surface area contributed by atoms with Crippen molar-refractivity contribution in [2.75, 3.05) is 13.2 Å². The van der Waals surface area contributed by atoms with Gasteiger partial charge in [-0.05, 0) is 29.7 Å². The van der Waals surface area contributed by atoms with Gasteiger partial charge in [0.25, 0.3) is 11.5 Å². The number of carbonyl (C=O) groups is 2. The number of ether oxygens (including phenoxy) is 1. The maximum absolute atomic E-state index is 12.4. The molecule has 4 rings (SSSR count). The molecule has 2 aromatic carbocycles. The number of aromatic nitrogens is 2. The van der Waals surface area contributed by atoms with Gasteiger partial charge in [-0.25, -0.2) is 4.98 Å². The summed E-state index contributed by atoms with van der Waals surface area (Å²) in [4.78, 5) is 43.4. The lowest BCUT2D eigenvalue weighted by atomic mass is 10.1. The molecule has 1 aliphatic heterocycles. The fourth-order valence-corrected chi connectivity index (χ4v) is 3.38. The molecule has 0 radical (unpaired) electrons. The number of rotatable bonds is 6. The molecule has 1 saturated heterocycles. The Morgan fingerprint density at radius 2 is 1.83 bits per heavy atom. The predicted octanol–water partition coefficient (Wildman–Crippen LogP) is 1.51. The van der Waals surface area contributed by atoms with Crippen LogP contribution in [0.25, 0.3) is 10.9 Å². The molecule has 154 valence electrons. The Kier molecular flexibility index (Phi) is 5.85. The SMILES string of the molecule is O=C(NCc1cccc(CNC(=O)C2CCOC2)c1)c1nc2ccccc2c(=O)[nH]1. The van der Waals surface area contributed by atoms with E-state index in [1.165, 1.54) is 0 Å². The van der Waals surface area contributed by atoms with Crippen LogP contribution in [-0.4, -0.2) is 35.0 Å². The van der Waals surface area contributed by atoms with Gasteiger partial charge in [0.15, 0.2) is 5.82 Å². The van der Waals surface area contributed by atoms with Crippen molar-refractivity contribution in [1.82, 2.24) is 20.6 Å². The third-order valence-electron chi connectivity index (χ3n) is 5.04. The van der Waals surface area contributed by atoms with Gasteiger partial charge >= 0.3 is 0 Å². The number of carbonyl (C=O) groups excluding carboxylic acids is 2. The van der Waals surface area contributed by atoms with E-state index in [0.29, 0.717) is 30.7 Å². The number of nitrogens with one attached hydrogen (secondary N) is 3. The molecule has 0 bridgehead atoms. The van der Waals surface area contributed by atoms with Crippen LogP contribution in [0.4, 0.5) is 0 Å². The van der Waals surface area contributed by atoms with Crippen molar-refractivity contribution in [3.05, 3.63) is 75.8 Å². The van der Waals surface area contributed by atoms with E-state index in [9.17, 15) is 14.4 Å². The molecule has 8 nitrogen and oxygen atoms in total. The normalized spacial score (nSPS) is 15.8. The summed E-state index contributed by atoms with van der Waals surface area (Å²) in [7, 11) is 0. The number of nitrogens with zero attached hydrogens (tertiary/aromatic N) is 1. The first-order valence-corrected chi connectivity index (χ1v) is 9.81. The number of hydrogen-bond donors (Lipinski definition) is 3. The molecule has 1 aliphatic rings. The van der Waals surface area contributed by atoms with Gasteiger partial charge in [-0.3, -0.25) is 14.4 Å². The van der Waals surface area contributed by atoms with E-state index in [0.717, 1.165) is 17.5 Å². The summed E-state index contributed by atoms with van der Waals surface area (Å²) in [5, 5.41) is 6.13. The summed E-state index contributed by atoms with van der Waals surface area (Å²) >= 11 is 0. The fraction of sp³-hybridized carbons (Fsp3) is 0.273. The van der Waals surface area contributed by atoms with Gasteiger partial charge in [0.05, 0.1) is 23.4 Å². The van der Waals surface area contributed by atoms with Crippen LogP contribution in [0, 0.1) is 5.92 Å². The van der Waals surface area contributed by atoms with E-state index < -0.39 is 5.91 Å². The number of H-pyrrole nitrogens is 1. The Labute approximate surface area is 172 Å². The molecule has 1 fully saturated rings. The second-order valence-corrected chi connectivity index (χ2v) is 7.21. The van der Waals surface area contributed by atoms with Crippen LogP contribution in [0.15, 0.2) is 53.3 Å². The molecule has 3 aromatic rings. The van der Waals surface area contributed by atoms with E-state index in [1.807, 2.05) is 24.3 Å². The van der Waals surface area contributed by atoms with Crippen molar-refractivity contribution in [1.29, 1.82) is 0 Å². The van der Waals surface area contributed by atoms with E-state index in [1.54, 1.807) is 24.3 Å². The zero-order valence-corrected chi connectivity index (χ0v) is 16.3. The maximum atomic E-state index is 12.4. The number of amides is 2. The lowest BCUT2D eigenvalue weighted by molar-refractivity contribution is -0.125. The zero-order chi connectivity index (χ0) is 20.9. The lowest BCUT2D eigenvalue weighted by Crippen LogP contribution is -2.30. The maximum Gasteiger partial charge on any atom is 0.287 e. The third-order valence-corrected chi connectivity index (χ3v) is 5.04. The molecule has 3 N–H and O–H groups in total. The van der Waals surface area contributed by atoms with Crippen LogP contribution in [0.1, 0.15) is 28.2 Å². The second kappa shape index (κ2) is 8.87. The quantitative estimate of drug-likeness (QED) is 0.574. The summed E-state index contributed by atoms with van der Waals surface area (Å²) in [5.41, 5.74) is 1.93. The molecule has 8 heteroatoms. The summed E-state index contributed by atoms with van der Waals surface area (Å²) < 4.78 is 5.24.